The van der Waals surface area contributed by atoms with Crippen LogP contribution in [0.3, 0.4) is 0 Å². The zero-order valence-corrected chi connectivity index (χ0v) is 8.16. The summed E-state index contributed by atoms with van der Waals surface area (Å²) in [4.78, 5) is 1.82. The maximum Gasteiger partial charge on any atom is 0.131 e. The molecule has 0 unspecified atom stereocenters. The van der Waals surface area contributed by atoms with E-state index in [0.29, 0.717) is 11.1 Å². The quantitative estimate of drug-likeness (QED) is 0.715. The van der Waals surface area contributed by atoms with Crippen molar-refractivity contribution in [2.75, 3.05) is 14.1 Å². The highest BCUT2D eigenvalue weighted by molar-refractivity contribution is 5.51. The second-order valence-corrected chi connectivity index (χ2v) is 3.13. The van der Waals surface area contributed by atoms with Gasteiger partial charge in [0.15, 0.2) is 0 Å². The number of halogens is 1. The Morgan fingerprint density at radius 1 is 1.43 bits per heavy atom. The smallest absolute Gasteiger partial charge is 0.131 e. The van der Waals surface area contributed by atoms with E-state index in [-0.39, 0.29) is 5.82 Å². The first-order valence-corrected chi connectivity index (χ1v) is 4.18. The molecule has 1 rings (SSSR count). The van der Waals surface area contributed by atoms with Crippen LogP contribution in [0.5, 0.6) is 0 Å². The zero-order chi connectivity index (χ0) is 10.6. The molecule has 0 aromatic heterocycles. The van der Waals surface area contributed by atoms with Gasteiger partial charge in [-0.3, -0.25) is 0 Å². The topological polar surface area (TPSA) is 27.0 Å². The number of rotatable bonds is 2. The van der Waals surface area contributed by atoms with Crippen LogP contribution in [0.4, 0.5) is 4.39 Å². The van der Waals surface area contributed by atoms with E-state index >= 15 is 0 Å². The molecule has 0 saturated heterocycles. The summed E-state index contributed by atoms with van der Waals surface area (Å²) in [7, 11) is 3.72. The summed E-state index contributed by atoms with van der Waals surface area (Å²) < 4.78 is 13.3. The van der Waals surface area contributed by atoms with Crippen LogP contribution in [0, 0.1) is 17.1 Å². The van der Waals surface area contributed by atoms with Crippen LogP contribution in [0.25, 0.3) is 6.08 Å². The minimum absolute atomic E-state index is 0.338. The molecule has 0 aliphatic rings. The first-order valence-electron chi connectivity index (χ1n) is 4.18. The lowest BCUT2D eigenvalue weighted by Gasteiger charge is -2.03. The van der Waals surface area contributed by atoms with Crippen LogP contribution in [0.2, 0.25) is 0 Å². The maximum absolute atomic E-state index is 13.3. The van der Waals surface area contributed by atoms with Gasteiger partial charge in [-0.2, -0.15) is 5.26 Å². The lowest BCUT2D eigenvalue weighted by Crippen LogP contribution is -1.99. The molecule has 0 aliphatic heterocycles. The van der Waals surface area contributed by atoms with E-state index < -0.39 is 0 Å². The molecular formula is C11H11FN2. The molecule has 0 spiro atoms. The summed E-state index contributed by atoms with van der Waals surface area (Å²) in [5.41, 5.74) is 0.821. The van der Waals surface area contributed by atoms with Crippen molar-refractivity contribution in [1.29, 1.82) is 5.26 Å². The number of hydrogen-bond donors (Lipinski definition) is 0. The van der Waals surface area contributed by atoms with Gasteiger partial charge in [0.1, 0.15) is 5.82 Å². The molecular weight excluding hydrogens is 179 g/mol. The standard InChI is InChI=1S/C11H11FN2/c1-14(2)6-5-10-4-3-9(8-13)7-11(10)12/h3-7H,1-2H3. The molecule has 0 amide bonds. The third-order valence-corrected chi connectivity index (χ3v) is 1.68. The van der Waals surface area contributed by atoms with E-state index in [1.807, 2.05) is 25.1 Å². The number of hydrogen-bond acceptors (Lipinski definition) is 2. The van der Waals surface area contributed by atoms with Crippen LogP contribution in [0.15, 0.2) is 24.4 Å². The Kier molecular flexibility index (Phi) is 3.24. The SMILES string of the molecule is CN(C)C=Cc1ccc(C#N)cc1F. The van der Waals surface area contributed by atoms with Gasteiger partial charge in [0.25, 0.3) is 0 Å². The Bertz CT molecular complexity index is 389. The maximum atomic E-state index is 13.3. The van der Waals surface area contributed by atoms with E-state index in [0.717, 1.165) is 0 Å². The van der Waals surface area contributed by atoms with E-state index in [4.69, 9.17) is 5.26 Å². The molecule has 14 heavy (non-hydrogen) atoms. The Balaban J connectivity index is 2.96. The second-order valence-electron chi connectivity index (χ2n) is 3.13. The molecule has 3 heteroatoms. The van der Waals surface area contributed by atoms with E-state index in [2.05, 4.69) is 0 Å². The lowest BCUT2D eigenvalue weighted by molar-refractivity contribution is 0.566. The zero-order valence-electron chi connectivity index (χ0n) is 8.16. The highest BCUT2D eigenvalue weighted by atomic mass is 19.1. The Morgan fingerprint density at radius 3 is 2.64 bits per heavy atom. The minimum atomic E-state index is -0.373. The largest absolute Gasteiger partial charge is 0.383 e. The fraction of sp³-hybridized carbons (Fsp3) is 0.182. The van der Waals surface area contributed by atoms with Crippen LogP contribution in [-0.2, 0) is 0 Å². The predicted octanol–water partition coefficient (Wildman–Crippen LogP) is 2.23. The summed E-state index contributed by atoms with van der Waals surface area (Å²) >= 11 is 0. The highest BCUT2D eigenvalue weighted by Crippen LogP contribution is 2.11. The Morgan fingerprint density at radius 2 is 2.14 bits per heavy atom. The number of nitrogens with zero attached hydrogens (tertiary/aromatic N) is 2. The molecule has 0 N–H and O–H groups in total. The van der Waals surface area contributed by atoms with Gasteiger partial charge in [-0.15, -0.1) is 0 Å². The molecule has 2 nitrogen and oxygen atoms in total. The monoisotopic (exact) mass is 190 g/mol. The average Bonchev–Trinajstić information content (AvgIpc) is 2.15. The number of benzene rings is 1. The summed E-state index contributed by atoms with van der Waals surface area (Å²) in [6, 6.07) is 6.30. The molecule has 1 aromatic carbocycles. The van der Waals surface area contributed by atoms with Gasteiger partial charge in [0.05, 0.1) is 11.6 Å². The van der Waals surface area contributed by atoms with Crippen molar-refractivity contribution >= 4 is 6.08 Å². The van der Waals surface area contributed by atoms with Gasteiger partial charge in [-0.1, -0.05) is 6.07 Å². The average molecular weight is 190 g/mol. The second kappa shape index (κ2) is 4.43. The lowest BCUT2D eigenvalue weighted by atomic mass is 10.1. The van der Waals surface area contributed by atoms with Gasteiger partial charge in [-0.25, -0.2) is 4.39 Å². The summed E-state index contributed by atoms with van der Waals surface area (Å²) in [5.74, 6) is -0.373. The van der Waals surface area contributed by atoms with Crippen molar-refractivity contribution < 1.29 is 4.39 Å². The fourth-order valence-corrected chi connectivity index (χ4v) is 0.961. The van der Waals surface area contributed by atoms with Gasteiger partial charge in [0.2, 0.25) is 0 Å². The Hall–Kier alpha value is -1.82. The van der Waals surface area contributed by atoms with Crippen LogP contribution in [-0.4, -0.2) is 19.0 Å². The molecule has 0 fully saturated rings. The van der Waals surface area contributed by atoms with Crippen molar-refractivity contribution in [2.45, 2.75) is 0 Å². The third-order valence-electron chi connectivity index (χ3n) is 1.68. The fourth-order valence-electron chi connectivity index (χ4n) is 0.961. The van der Waals surface area contributed by atoms with E-state index in [1.165, 1.54) is 6.07 Å². The van der Waals surface area contributed by atoms with Gasteiger partial charge >= 0.3 is 0 Å². The van der Waals surface area contributed by atoms with Crippen LogP contribution in [0.1, 0.15) is 11.1 Å². The van der Waals surface area contributed by atoms with Gasteiger partial charge in [-0.05, 0) is 24.4 Å². The summed E-state index contributed by atoms with van der Waals surface area (Å²) in [6.45, 7) is 0. The first-order chi connectivity index (χ1) is 6.63. The molecule has 0 bridgehead atoms. The highest BCUT2D eigenvalue weighted by Gasteiger charge is 1.99. The minimum Gasteiger partial charge on any atom is -0.383 e. The summed E-state index contributed by atoms with van der Waals surface area (Å²) in [5, 5.41) is 8.53. The van der Waals surface area contributed by atoms with E-state index in [1.54, 1.807) is 24.4 Å². The first kappa shape index (κ1) is 10.3. The molecule has 1 aromatic rings. The molecule has 0 aliphatic carbocycles. The normalized spacial score (nSPS) is 10.1. The van der Waals surface area contributed by atoms with Crippen molar-refractivity contribution in [3.63, 3.8) is 0 Å². The van der Waals surface area contributed by atoms with Crippen LogP contribution < -0.4 is 0 Å². The number of nitriles is 1. The van der Waals surface area contributed by atoms with E-state index in [9.17, 15) is 4.39 Å². The summed E-state index contributed by atoms with van der Waals surface area (Å²) in [6.07, 6.45) is 3.42. The predicted molar refractivity (Wildman–Crippen MR) is 53.8 cm³/mol. The van der Waals surface area contributed by atoms with Crippen molar-refractivity contribution in [3.8, 4) is 6.07 Å². The van der Waals surface area contributed by atoms with Crippen molar-refractivity contribution in [3.05, 3.63) is 41.3 Å². The molecule has 72 valence electrons. The molecule has 0 radical (unpaired) electrons. The Labute approximate surface area is 82.9 Å². The van der Waals surface area contributed by atoms with Crippen molar-refractivity contribution in [1.82, 2.24) is 4.90 Å². The molecule has 0 saturated carbocycles. The van der Waals surface area contributed by atoms with Gasteiger partial charge < -0.3 is 4.90 Å². The van der Waals surface area contributed by atoms with Crippen LogP contribution >= 0.6 is 0 Å². The molecule has 0 atom stereocenters. The van der Waals surface area contributed by atoms with Crippen molar-refractivity contribution in [2.24, 2.45) is 0 Å². The molecule has 0 heterocycles. The third kappa shape index (κ3) is 2.60. The van der Waals surface area contributed by atoms with Gasteiger partial charge in [0, 0.05) is 19.7 Å².